The molecule has 0 aromatic rings. The first-order valence-corrected chi connectivity index (χ1v) is 7.90. The van der Waals surface area contributed by atoms with Crippen molar-refractivity contribution in [3.8, 4) is 0 Å². The van der Waals surface area contributed by atoms with Gasteiger partial charge in [0.25, 0.3) is 0 Å². The van der Waals surface area contributed by atoms with Crippen LogP contribution in [0.4, 0.5) is 0 Å². The van der Waals surface area contributed by atoms with Crippen LogP contribution in [0.2, 0.25) is 0 Å². The van der Waals surface area contributed by atoms with E-state index in [4.69, 9.17) is 0 Å². The van der Waals surface area contributed by atoms with Gasteiger partial charge in [-0.2, -0.15) is 0 Å². The maximum atomic E-state index is 11.7. The van der Waals surface area contributed by atoms with Crippen molar-refractivity contribution in [3.05, 3.63) is 0 Å². The van der Waals surface area contributed by atoms with Gasteiger partial charge in [0.05, 0.1) is 0 Å². The molecule has 2 rings (SSSR count). The molecule has 0 heterocycles. The lowest BCUT2D eigenvalue weighted by molar-refractivity contribution is -0.324. The van der Waals surface area contributed by atoms with Crippen LogP contribution in [0.1, 0.15) is 77.6 Å². The highest BCUT2D eigenvalue weighted by molar-refractivity contribution is 5.73. The van der Waals surface area contributed by atoms with Crippen LogP contribution in [0.15, 0.2) is 0 Å². The predicted molar refractivity (Wildman–Crippen MR) is 70.9 cm³/mol. The van der Waals surface area contributed by atoms with Gasteiger partial charge in [0, 0.05) is 11.4 Å². The molecule has 0 aromatic carbocycles. The van der Waals surface area contributed by atoms with Crippen LogP contribution >= 0.6 is 0 Å². The van der Waals surface area contributed by atoms with E-state index in [9.17, 15) is 9.90 Å². The van der Waals surface area contributed by atoms with Crippen molar-refractivity contribution >= 4 is 5.97 Å². The third kappa shape index (κ3) is 2.73. The standard InChI is InChI=1S/C16H28O2/c1-2-6-13-7-9-14(10-8-13)16(15(17)18)11-4-3-5-12-16/h13-14H,2-12H2,1H3,(H,17,18)/p-1. The second kappa shape index (κ2) is 6.08. The second-order valence-electron chi connectivity index (χ2n) is 6.51. The summed E-state index contributed by atoms with van der Waals surface area (Å²) in [6.45, 7) is 2.25. The molecule has 18 heavy (non-hydrogen) atoms. The van der Waals surface area contributed by atoms with Crippen molar-refractivity contribution < 1.29 is 9.90 Å². The third-order valence-electron chi connectivity index (χ3n) is 5.48. The van der Waals surface area contributed by atoms with Gasteiger partial charge in [-0.05, 0) is 37.5 Å². The Bertz CT molecular complexity index is 271. The Kier molecular flexibility index (Phi) is 4.69. The molecule has 0 radical (unpaired) electrons. The number of hydrogen-bond donors (Lipinski definition) is 0. The largest absolute Gasteiger partial charge is 0.550 e. The Morgan fingerprint density at radius 1 is 1.11 bits per heavy atom. The molecule has 0 saturated heterocycles. The maximum Gasteiger partial charge on any atom is 0.0479 e. The first-order valence-electron chi connectivity index (χ1n) is 7.90. The van der Waals surface area contributed by atoms with Crippen molar-refractivity contribution in [2.24, 2.45) is 17.3 Å². The molecule has 0 N–H and O–H groups in total. The molecule has 2 saturated carbocycles. The van der Waals surface area contributed by atoms with E-state index >= 15 is 0 Å². The van der Waals surface area contributed by atoms with E-state index in [2.05, 4.69) is 6.92 Å². The molecule has 0 amide bonds. The van der Waals surface area contributed by atoms with Gasteiger partial charge < -0.3 is 9.90 Å². The molecule has 2 nitrogen and oxygen atoms in total. The zero-order chi connectivity index (χ0) is 13.0. The normalized spacial score (nSPS) is 32.1. The second-order valence-corrected chi connectivity index (χ2v) is 6.51. The highest BCUT2D eigenvalue weighted by Crippen LogP contribution is 2.49. The molecule has 2 aliphatic carbocycles. The molecule has 2 heteroatoms. The average Bonchev–Trinajstić information content (AvgIpc) is 2.40. The van der Waals surface area contributed by atoms with Crippen LogP contribution in [0.3, 0.4) is 0 Å². The summed E-state index contributed by atoms with van der Waals surface area (Å²) in [5.74, 6) is 0.505. The summed E-state index contributed by atoms with van der Waals surface area (Å²) >= 11 is 0. The Hall–Kier alpha value is -0.530. The van der Waals surface area contributed by atoms with E-state index < -0.39 is 11.4 Å². The first kappa shape index (κ1) is 13.9. The number of carbonyl (C=O) groups is 1. The van der Waals surface area contributed by atoms with Gasteiger partial charge >= 0.3 is 0 Å². The molecule has 0 bridgehead atoms. The van der Waals surface area contributed by atoms with E-state index in [1.807, 2.05) is 0 Å². The first-order chi connectivity index (χ1) is 8.69. The lowest BCUT2D eigenvalue weighted by Gasteiger charge is -2.47. The average molecular weight is 251 g/mol. The van der Waals surface area contributed by atoms with E-state index in [1.54, 1.807) is 0 Å². The summed E-state index contributed by atoms with van der Waals surface area (Å²) < 4.78 is 0. The third-order valence-corrected chi connectivity index (χ3v) is 5.48. The van der Waals surface area contributed by atoms with E-state index in [0.717, 1.165) is 44.4 Å². The Balaban J connectivity index is 1.98. The molecule has 0 spiro atoms. The summed E-state index contributed by atoms with van der Waals surface area (Å²) in [6.07, 6.45) is 12.5. The highest BCUT2D eigenvalue weighted by atomic mass is 16.4. The minimum absolute atomic E-state index is 0.399. The predicted octanol–water partition coefficient (Wildman–Crippen LogP) is 3.29. The van der Waals surface area contributed by atoms with E-state index in [0.29, 0.717) is 5.92 Å². The van der Waals surface area contributed by atoms with Gasteiger partial charge in [-0.1, -0.05) is 51.9 Å². The molecular formula is C16H27O2-. The van der Waals surface area contributed by atoms with Crippen molar-refractivity contribution in [3.63, 3.8) is 0 Å². The molecule has 2 aliphatic rings. The lowest BCUT2D eigenvalue weighted by Crippen LogP contribution is -2.49. The topological polar surface area (TPSA) is 40.1 Å². The summed E-state index contributed by atoms with van der Waals surface area (Å²) in [6, 6.07) is 0. The van der Waals surface area contributed by atoms with Crippen LogP contribution in [-0.2, 0) is 4.79 Å². The van der Waals surface area contributed by atoms with Crippen molar-refractivity contribution in [1.29, 1.82) is 0 Å². The summed E-state index contributed by atoms with van der Waals surface area (Å²) in [4.78, 5) is 11.7. The van der Waals surface area contributed by atoms with Gasteiger partial charge in [-0.3, -0.25) is 0 Å². The van der Waals surface area contributed by atoms with Crippen LogP contribution in [-0.4, -0.2) is 5.97 Å². The van der Waals surface area contributed by atoms with Crippen LogP contribution in [0.5, 0.6) is 0 Å². The Morgan fingerprint density at radius 3 is 2.22 bits per heavy atom. The zero-order valence-corrected chi connectivity index (χ0v) is 11.7. The summed E-state index contributed by atoms with van der Waals surface area (Å²) in [7, 11) is 0. The van der Waals surface area contributed by atoms with E-state index in [1.165, 1.54) is 32.1 Å². The quantitative estimate of drug-likeness (QED) is 0.769. The van der Waals surface area contributed by atoms with Crippen LogP contribution < -0.4 is 5.11 Å². The number of carboxylic acid groups (broad SMARTS) is 1. The van der Waals surface area contributed by atoms with Crippen LogP contribution in [0.25, 0.3) is 0 Å². The molecule has 0 unspecified atom stereocenters. The van der Waals surface area contributed by atoms with Gasteiger partial charge in [0.1, 0.15) is 0 Å². The van der Waals surface area contributed by atoms with Crippen molar-refractivity contribution in [1.82, 2.24) is 0 Å². The number of carboxylic acids is 1. The number of rotatable bonds is 4. The smallest absolute Gasteiger partial charge is 0.0479 e. The molecular weight excluding hydrogens is 224 g/mol. The number of aliphatic carboxylic acids is 1. The number of carbonyl (C=O) groups excluding carboxylic acids is 1. The fraction of sp³-hybridized carbons (Fsp3) is 0.938. The summed E-state index contributed by atoms with van der Waals surface area (Å²) in [5, 5.41) is 11.7. The minimum Gasteiger partial charge on any atom is -0.550 e. The van der Waals surface area contributed by atoms with Gasteiger partial charge in [0.2, 0.25) is 0 Å². The SMILES string of the molecule is CCCC1CCC(C2(C(=O)[O-])CCCCC2)CC1. The molecule has 0 atom stereocenters. The highest BCUT2D eigenvalue weighted by Gasteiger charge is 2.42. The Morgan fingerprint density at radius 2 is 1.72 bits per heavy atom. The summed E-state index contributed by atoms with van der Waals surface area (Å²) in [5.41, 5.74) is -0.463. The van der Waals surface area contributed by atoms with E-state index in [-0.39, 0.29) is 0 Å². The fourth-order valence-corrected chi connectivity index (χ4v) is 4.37. The molecule has 0 aromatic heterocycles. The maximum absolute atomic E-state index is 11.7. The van der Waals surface area contributed by atoms with Crippen molar-refractivity contribution in [2.45, 2.75) is 77.6 Å². The van der Waals surface area contributed by atoms with Crippen molar-refractivity contribution in [2.75, 3.05) is 0 Å². The van der Waals surface area contributed by atoms with Crippen LogP contribution in [0, 0.1) is 17.3 Å². The monoisotopic (exact) mass is 251 g/mol. The molecule has 104 valence electrons. The van der Waals surface area contributed by atoms with Gasteiger partial charge in [-0.25, -0.2) is 0 Å². The van der Waals surface area contributed by atoms with Gasteiger partial charge in [-0.15, -0.1) is 0 Å². The fourth-order valence-electron chi connectivity index (χ4n) is 4.37. The van der Waals surface area contributed by atoms with Gasteiger partial charge in [0.15, 0.2) is 0 Å². The molecule has 0 aliphatic heterocycles. The lowest BCUT2D eigenvalue weighted by atomic mass is 9.60. The zero-order valence-electron chi connectivity index (χ0n) is 11.7. The Labute approximate surface area is 111 Å². The number of hydrogen-bond acceptors (Lipinski definition) is 2. The minimum atomic E-state index is -0.749. The molecule has 2 fully saturated rings.